The fourth-order valence-corrected chi connectivity index (χ4v) is 12.7. The Morgan fingerprint density at radius 1 is 0.472 bits per heavy atom. The number of aromatic nitrogens is 15. The number of pyridine rings is 3. The van der Waals surface area contributed by atoms with Crippen molar-refractivity contribution in [3.8, 4) is 67.5 Å². The molecule has 0 unspecified atom stereocenters. The van der Waals surface area contributed by atoms with Crippen molar-refractivity contribution in [2.24, 2.45) is 0 Å². The van der Waals surface area contributed by atoms with Gasteiger partial charge in [0.25, 0.3) is 0 Å². The second-order valence-electron chi connectivity index (χ2n) is 25.3. The van der Waals surface area contributed by atoms with Crippen molar-refractivity contribution in [3.63, 3.8) is 0 Å². The Balaban J connectivity index is 0.000000141. The van der Waals surface area contributed by atoms with E-state index in [-0.39, 0.29) is 31.1 Å². The molecular weight excluding hydrogens is 1350 g/mol. The SMILES string of the molecule is CCNC(=O)Nc1nc2c(-c3ncccn3)cc(-c3ccc(CN4CC[C@@H](OC)C4)nc3)cc2[nH]1.CCOC(=O)Nc1nc2c(-c3ncccn3)cc(-c3ccc(CN4CCN(C)C(=O)C4)nc3)cc2[nH]1.CCOC(=O)Nc1nc2c(-c3ncccn3)cc(-c3ccc(CN4CC[C@@H](OC)C4)nc3)cc2[nH]1. The maximum absolute atomic E-state index is 12.0. The summed E-state index contributed by atoms with van der Waals surface area (Å²) in [7, 11) is 5.36. The number of urea groups is 1. The lowest BCUT2D eigenvalue weighted by Crippen LogP contribution is -2.48. The topological polar surface area (TPSA) is 368 Å². The summed E-state index contributed by atoms with van der Waals surface area (Å²) in [6.07, 6.45) is 17.3. The number of hydrogen-bond donors (Lipinski definition) is 7. The lowest BCUT2D eigenvalue weighted by Gasteiger charge is -2.31. The van der Waals surface area contributed by atoms with Crippen LogP contribution in [0.25, 0.3) is 101 Å². The third-order valence-electron chi connectivity index (χ3n) is 18.0. The zero-order valence-corrected chi connectivity index (χ0v) is 59.5. The van der Waals surface area contributed by atoms with Gasteiger partial charge in [-0.25, -0.2) is 59.2 Å². The number of aromatic amines is 3. The zero-order valence-electron chi connectivity index (χ0n) is 59.5. The number of nitrogens with zero attached hydrogens (tertiary/aromatic N) is 16. The number of hydrogen-bond acceptors (Lipinski definition) is 23. The van der Waals surface area contributed by atoms with Gasteiger partial charge in [0.2, 0.25) is 23.8 Å². The maximum Gasteiger partial charge on any atom is 0.413 e. The molecule has 0 aliphatic carbocycles. The van der Waals surface area contributed by atoms with Crippen LogP contribution in [0.4, 0.5) is 32.2 Å². The van der Waals surface area contributed by atoms with Crippen LogP contribution < -0.4 is 21.3 Å². The Bertz CT molecular complexity index is 4790. The number of H-pyrrole nitrogens is 3. The lowest BCUT2D eigenvalue weighted by atomic mass is 10.0. The van der Waals surface area contributed by atoms with E-state index in [9.17, 15) is 19.2 Å². The molecule has 15 rings (SSSR count). The number of anilines is 3. The van der Waals surface area contributed by atoms with Crippen LogP contribution >= 0.6 is 0 Å². The van der Waals surface area contributed by atoms with Crippen molar-refractivity contribution in [1.29, 1.82) is 0 Å². The van der Waals surface area contributed by atoms with Gasteiger partial charge in [-0.15, -0.1) is 0 Å². The summed E-state index contributed by atoms with van der Waals surface area (Å²) in [4.78, 5) is 120. The Hall–Kier alpha value is -12.2. The van der Waals surface area contributed by atoms with E-state index in [2.05, 4.69) is 125 Å². The number of ether oxygens (including phenoxy) is 4. The number of likely N-dealkylation sites (tertiary alicyclic amines) is 2. The minimum atomic E-state index is -0.587. The highest BCUT2D eigenvalue weighted by atomic mass is 16.6. The smallest absolute Gasteiger partial charge is 0.413 e. The summed E-state index contributed by atoms with van der Waals surface area (Å²) >= 11 is 0. The average molecular weight is 1430 g/mol. The summed E-state index contributed by atoms with van der Waals surface area (Å²) in [5.74, 6) is 2.66. The zero-order chi connectivity index (χ0) is 73.5. The van der Waals surface area contributed by atoms with Crippen molar-refractivity contribution in [2.75, 3.05) is 103 Å². The summed E-state index contributed by atoms with van der Waals surface area (Å²) in [6.45, 7) is 14.4. The van der Waals surface area contributed by atoms with Gasteiger partial charge in [0, 0.05) is 176 Å². The predicted molar refractivity (Wildman–Crippen MR) is 399 cm³/mol. The molecule has 5 amide bonds. The number of fused-ring (bicyclic) bond motifs is 3. The van der Waals surface area contributed by atoms with E-state index in [1.165, 1.54) is 0 Å². The molecule has 3 fully saturated rings. The van der Waals surface area contributed by atoms with Crippen LogP contribution in [0.2, 0.25) is 0 Å². The van der Waals surface area contributed by atoms with Crippen molar-refractivity contribution >= 4 is 75.1 Å². The number of imidazole rings is 3. The molecule has 106 heavy (non-hydrogen) atoms. The normalized spacial score (nSPS) is 15.4. The molecule has 3 aliphatic heterocycles. The van der Waals surface area contributed by atoms with E-state index in [4.69, 9.17) is 28.9 Å². The Labute approximate surface area is 609 Å². The minimum Gasteiger partial charge on any atom is -0.450 e. The van der Waals surface area contributed by atoms with Crippen LogP contribution in [0.1, 0.15) is 50.7 Å². The molecular formula is C75H81N23O8. The number of carbonyl (C=O) groups is 4. The van der Waals surface area contributed by atoms with Crippen LogP contribution in [-0.2, 0) is 43.4 Å². The van der Waals surface area contributed by atoms with Gasteiger partial charge in [0.05, 0.1) is 65.6 Å². The number of rotatable bonds is 20. The van der Waals surface area contributed by atoms with Crippen LogP contribution in [0.5, 0.6) is 0 Å². The van der Waals surface area contributed by atoms with Crippen LogP contribution in [0.3, 0.4) is 0 Å². The molecule has 9 aromatic heterocycles. The standard InChI is InChI=1S/C25H26N8O3.C25H28N8O2.C25H27N7O3/c1-3-36-25(35)31-24-29-20-12-17(11-19(22(20)30-24)23-26-7-4-8-27-23)16-5-6-18(28-13-16)14-33-10-9-32(2)21(34)15-33;1-3-26-25(34)32-24-30-21-12-17(11-20(22(21)31-24)23-27-8-4-9-28-23)16-5-6-18(29-13-16)14-33-10-7-19(15-33)35-2;1-3-35-25(33)31-24-29-21-12-17(11-20(22(21)30-24)23-26-8-4-9-27-23)16-5-6-18(28-13-16)14-32-10-7-19(15-32)34-2/h4-8,11-13H,3,9-10,14-15H2,1-2H3,(H2,29,30,31,35);4-6,8-9,11-13,19H,3,7,10,14-15H2,1-2H3,(H3,26,30,31,32,34);4-6,8-9,11-13,19H,3,7,10,14-15H2,1-2H3,(H2,29,30,31,33)/t;2*19-/m.11/s1. The van der Waals surface area contributed by atoms with Crippen LogP contribution in [-0.4, -0.2) is 218 Å². The Kier molecular flexibility index (Phi) is 23.1. The molecule has 0 radical (unpaired) electrons. The maximum atomic E-state index is 12.0. The molecule has 3 saturated heterocycles. The first-order valence-corrected chi connectivity index (χ1v) is 34.9. The van der Waals surface area contributed by atoms with Gasteiger partial charge >= 0.3 is 18.2 Å². The monoisotopic (exact) mass is 1430 g/mol. The highest BCUT2D eigenvalue weighted by Crippen LogP contribution is 2.36. The second-order valence-corrected chi connectivity index (χ2v) is 25.3. The predicted octanol–water partition coefficient (Wildman–Crippen LogP) is 10.2. The van der Waals surface area contributed by atoms with Crippen LogP contribution in [0, 0.1) is 0 Å². The highest BCUT2D eigenvalue weighted by Gasteiger charge is 2.26. The van der Waals surface area contributed by atoms with Gasteiger partial charge in [-0.2, -0.15) is 0 Å². The fourth-order valence-electron chi connectivity index (χ4n) is 12.7. The fraction of sp³-hybridized carbons (Fsp3) is 0.307. The number of piperazine rings is 1. The third-order valence-corrected chi connectivity index (χ3v) is 18.0. The molecule has 2 atom stereocenters. The first kappa shape index (κ1) is 72.2. The number of methoxy groups -OCH3 is 2. The molecule has 0 bridgehead atoms. The van der Waals surface area contributed by atoms with Gasteiger partial charge < -0.3 is 44.1 Å². The van der Waals surface area contributed by atoms with Gasteiger partial charge in [-0.1, -0.05) is 18.2 Å². The summed E-state index contributed by atoms with van der Waals surface area (Å²) in [5.41, 5.74) is 15.0. The van der Waals surface area contributed by atoms with Crippen molar-refractivity contribution < 1.29 is 38.1 Å². The third kappa shape index (κ3) is 17.9. The molecule has 12 heterocycles. The van der Waals surface area contributed by atoms with E-state index in [1.54, 1.807) is 88.3 Å². The summed E-state index contributed by atoms with van der Waals surface area (Å²) in [6, 6.07) is 29.1. The average Bonchev–Trinajstić information content (AvgIpc) is 1.56. The summed E-state index contributed by atoms with van der Waals surface area (Å²) in [5, 5.41) is 10.7. The molecule has 12 aromatic rings. The van der Waals surface area contributed by atoms with E-state index in [1.807, 2.05) is 81.1 Å². The summed E-state index contributed by atoms with van der Waals surface area (Å²) < 4.78 is 20.9. The number of benzene rings is 3. The van der Waals surface area contributed by atoms with Gasteiger partial charge in [-0.3, -0.25) is 50.4 Å². The van der Waals surface area contributed by atoms with Crippen molar-refractivity contribution in [3.05, 3.63) is 164 Å². The first-order valence-electron chi connectivity index (χ1n) is 34.9. The molecule has 3 aromatic carbocycles. The molecule has 544 valence electrons. The Morgan fingerprint density at radius 2 is 0.849 bits per heavy atom. The van der Waals surface area contributed by atoms with Crippen molar-refractivity contribution in [2.45, 2.75) is 65.5 Å². The van der Waals surface area contributed by atoms with E-state index in [0.717, 1.165) is 143 Å². The quantitative estimate of drug-likeness (QED) is 0.0373. The number of carbonyl (C=O) groups excluding carboxylic acids is 4. The first-order chi connectivity index (χ1) is 51.7. The largest absolute Gasteiger partial charge is 0.450 e. The highest BCUT2D eigenvalue weighted by molar-refractivity contribution is 6.00. The van der Waals surface area contributed by atoms with E-state index < -0.39 is 12.2 Å². The number of likely N-dealkylation sites (N-methyl/N-ethyl adjacent to an activating group) is 1. The minimum absolute atomic E-state index is 0.123. The van der Waals surface area contributed by atoms with Crippen molar-refractivity contribution in [1.82, 2.24) is 99.7 Å². The van der Waals surface area contributed by atoms with E-state index >= 15 is 0 Å². The second kappa shape index (κ2) is 34.0. The molecule has 31 nitrogen and oxygen atoms in total. The van der Waals surface area contributed by atoms with Crippen LogP contribution in [0.15, 0.2) is 147 Å². The molecule has 7 N–H and O–H groups in total. The Morgan fingerprint density at radius 3 is 1.18 bits per heavy atom. The van der Waals surface area contributed by atoms with Gasteiger partial charge in [0.15, 0.2) is 17.5 Å². The lowest BCUT2D eigenvalue weighted by molar-refractivity contribution is -0.134. The van der Waals surface area contributed by atoms with E-state index in [0.29, 0.717) is 83.3 Å². The molecule has 3 aliphatic rings. The van der Waals surface area contributed by atoms with Gasteiger partial charge in [0.1, 0.15) is 16.6 Å². The molecule has 31 heteroatoms. The van der Waals surface area contributed by atoms with Gasteiger partial charge in [-0.05, 0) is 123 Å². The number of nitrogens with one attached hydrogen (secondary N) is 7. The molecule has 0 saturated carbocycles. The molecule has 0 spiro atoms. The number of amides is 5.